The molecular formula is C17H27NO. The topological polar surface area (TPSA) is 32.3 Å². The van der Waals surface area contributed by atoms with Crippen LogP contribution in [0.25, 0.3) is 0 Å². The molecule has 2 rings (SSSR count). The minimum absolute atomic E-state index is 0.0878. The lowest BCUT2D eigenvalue weighted by Gasteiger charge is -2.29. The van der Waals surface area contributed by atoms with Crippen LogP contribution >= 0.6 is 0 Å². The molecule has 0 aliphatic heterocycles. The lowest BCUT2D eigenvalue weighted by atomic mass is 9.92. The quantitative estimate of drug-likeness (QED) is 0.853. The molecule has 0 aromatic heterocycles. The second kappa shape index (κ2) is 7.06. The zero-order valence-electron chi connectivity index (χ0n) is 12.2. The second-order valence-corrected chi connectivity index (χ2v) is 6.11. The Hall–Kier alpha value is -0.860. The largest absolute Gasteiger partial charge is 0.393 e. The van der Waals surface area contributed by atoms with Crippen molar-refractivity contribution in [3.63, 3.8) is 0 Å². The van der Waals surface area contributed by atoms with E-state index in [4.69, 9.17) is 0 Å². The van der Waals surface area contributed by atoms with Crippen LogP contribution in [0.1, 0.15) is 50.2 Å². The molecule has 0 radical (unpaired) electrons. The molecule has 106 valence electrons. The van der Waals surface area contributed by atoms with E-state index in [9.17, 15) is 5.11 Å². The van der Waals surface area contributed by atoms with Crippen LogP contribution in [0.2, 0.25) is 0 Å². The summed E-state index contributed by atoms with van der Waals surface area (Å²) in [6, 6.07) is 9.81. The molecule has 19 heavy (non-hydrogen) atoms. The molecule has 3 atom stereocenters. The number of aryl methyl sites for hydroxylation is 2. The molecule has 1 aromatic rings. The molecule has 1 saturated carbocycles. The number of rotatable bonds is 5. The van der Waals surface area contributed by atoms with Gasteiger partial charge >= 0.3 is 0 Å². The second-order valence-electron chi connectivity index (χ2n) is 6.11. The van der Waals surface area contributed by atoms with Crippen LogP contribution in [-0.2, 0) is 6.42 Å². The summed E-state index contributed by atoms with van der Waals surface area (Å²) < 4.78 is 0. The Morgan fingerprint density at radius 2 is 2.21 bits per heavy atom. The molecule has 0 amide bonds. The van der Waals surface area contributed by atoms with Gasteiger partial charge in [0.2, 0.25) is 0 Å². The van der Waals surface area contributed by atoms with Crippen molar-refractivity contribution in [1.82, 2.24) is 5.32 Å². The van der Waals surface area contributed by atoms with Crippen LogP contribution in [0.4, 0.5) is 0 Å². The normalized spacial score (nSPS) is 25.2. The average Bonchev–Trinajstić information content (AvgIpc) is 2.36. The van der Waals surface area contributed by atoms with Crippen LogP contribution in [-0.4, -0.2) is 23.3 Å². The Morgan fingerprint density at radius 3 is 2.95 bits per heavy atom. The van der Waals surface area contributed by atoms with Crippen molar-refractivity contribution in [1.29, 1.82) is 0 Å². The zero-order chi connectivity index (χ0) is 13.7. The summed E-state index contributed by atoms with van der Waals surface area (Å²) in [7, 11) is 0. The first-order valence-corrected chi connectivity index (χ1v) is 7.63. The SMILES string of the molecule is Cc1cccc(CCC(C)NC2CCCC(O)C2)c1. The summed E-state index contributed by atoms with van der Waals surface area (Å²) in [5.74, 6) is 0. The Kier molecular flexibility index (Phi) is 5.41. The van der Waals surface area contributed by atoms with Crippen LogP contribution in [0, 0.1) is 6.92 Å². The van der Waals surface area contributed by atoms with Gasteiger partial charge in [-0.25, -0.2) is 0 Å². The fraction of sp³-hybridized carbons (Fsp3) is 0.647. The number of aliphatic hydroxyl groups is 1. The lowest BCUT2D eigenvalue weighted by molar-refractivity contribution is 0.109. The van der Waals surface area contributed by atoms with E-state index >= 15 is 0 Å². The monoisotopic (exact) mass is 261 g/mol. The van der Waals surface area contributed by atoms with Gasteiger partial charge in [-0.1, -0.05) is 29.8 Å². The fourth-order valence-electron chi connectivity index (χ4n) is 3.05. The van der Waals surface area contributed by atoms with Gasteiger partial charge in [0.25, 0.3) is 0 Å². The minimum atomic E-state index is -0.0878. The number of aliphatic hydroxyl groups excluding tert-OH is 1. The van der Waals surface area contributed by atoms with Crippen LogP contribution in [0.3, 0.4) is 0 Å². The third-order valence-electron chi connectivity index (χ3n) is 4.12. The average molecular weight is 261 g/mol. The standard InChI is InChI=1S/C17H27NO/c1-13-5-3-6-15(11-13)10-9-14(2)18-16-7-4-8-17(19)12-16/h3,5-6,11,14,16-19H,4,7-10,12H2,1-2H3. The summed E-state index contributed by atoms with van der Waals surface area (Å²) in [5.41, 5.74) is 2.77. The number of nitrogens with one attached hydrogen (secondary N) is 1. The summed E-state index contributed by atoms with van der Waals surface area (Å²) in [6.45, 7) is 4.41. The minimum Gasteiger partial charge on any atom is -0.393 e. The highest BCUT2D eigenvalue weighted by Crippen LogP contribution is 2.19. The van der Waals surface area contributed by atoms with E-state index in [1.165, 1.54) is 17.5 Å². The van der Waals surface area contributed by atoms with E-state index in [2.05, 4.69) is 43.4 Å². The van der Waals surface area contributed by atoms with E-state index in [1.54, 1.807) is 0 Å². The van der Waals surface area contributed by atoms with Gasteiger partial charge in [-0.15, -0.1) is 0 Å². The van der Waals surface area contributed by atoms with Crippen LogP contribution in [0.15, 0.2) is 24.3 Å². The van der Waals surface area contributed by atoms with Crippen molar-refractivity contribution in [2.75, 3.05) is 0 Å². The molecule has 1 aromatic carbocycles. The third-order valence-corrected chi connectivity index (χ3v) is 4.12. The maximum Gasteiger partial charge on any atom is 0.0555 e. The summed E-state index contributed by atoms with van der Waals surface area (Å²) in [5, 5.41) is 13.4. The van der Waals surface area contributed by atoms with E-state index in [0.717, 1.165) is 32.1 Å². The maximum atomic E-state index is 9.69. The van der Waals surface area contributed by atoms with E-state index in [-0.39, 0.29) is 6.10 Å². The first-order chi connectivity index (χ1) is 9.13. The Labute approximate surface area is 117 Å². The summed E-state index contributed by atoms with van der Waals surface area (Å²) >= 11 is 0. The number of hydrogen-bond acceptors (Lipinski definition) is 2. The molecular weight excluding hydrogens is 234 g/mol. The molecule has 0 heterocycles. The molecule has 1 aliphatic rings. The molecule has 0 spiro atoms. The van der Waals surface area contributed by atoms with Crippen molar-refractivity contribution in [3.8, 4) is 0 Å². The van der Waals surface area contributed by atoms with Crippen molar-refractivity contribution in [2.45, 2.75) is 70.6 Å². The lowest BCUT2D eigenvalue weighted by Crippen LogP contribution is -2.41. The number of benzene rings is 1. The summed E-state index contributed by atoms with van der Waals surface area (Å²) in [6.07, 6.45) is 6.48. The van der Waals surface area contributed by atoms with Gasteiger partial charge in [0, 0.05) is 12.1 Å². The summed E-state index contributed by atoms with van der Waals surface area (Å²) in [4.78, 5) is 0. The van der Waals surface area contributed by atoms with Gasteiger partial charge in [-0.3, -0.25) is 0 Å². The third kappa shape index (κ3) is 4.96. The fourth-order valence-corrected chi connectivity index (χ4v) is 3.05. The van der Waals surface area contributed by atoms with E-state index in [0.29, 0.717) is 12.1 Å². The smallest absolute Gasteiger partial charge is 0.0555 e. The van der Waals surface area contributed by atoms with Crippen molar-refractivity contribution < 1.29 is 5.11 Å². The van der Waals surface area contributed by atoms with Gasteiger partial charge in [-0.05, 0) is 57.9 Å². The first-order valence-electron chi connectivity index (χ1n) is 7.63. The number of hydrogen-bond donors (Lipinski definition) is 2. The van der Waals surface area contributed by atoms with Crippen molar-refractivity contribution in [3.05, 3.63) is 35.4 Å². The van der Waals surface area contributed by atoms with Crippen molar-refractivity contribution >= 4 is 0 Å². The Morgan fingerprint density at radius 1 is 1.37 bits per heavy atom. The maximum absolute atomic E-state index is 9.69. The van der Waals surface area contributed by atoms with E-state index in [1.807, 2.05) is 0 Å². The van der Waals surface area contributed by atoms with E-state index < -0.39 is 0 Å². The van der Waals surface area contributed by atoms with Gasteiger partial charge < -0.3 is 10.4 Å². The molecule has 2 nitrogen and oxygen atoms in total. The highest BCUT2D eigenvalue weighted by molar-refractivity contribution is 5.22. The van der Waals surface area contributed by atoms with Gasteiger partial charge in [0.05, 0.1) is 6.10 Å². The Bertz CT molecular complexity index is 391. The van der Waals surface area contributed by atoms with Gasteiger partial charge in [-0.2, -0.15) is 0 Å². The first kappa shape index (κ1) is 14.5. The zero-order valence-corrected chi connectivity index (χ0v) is 12.2. The Balaban J connectivity index is 1.73. The molecule has 0 bridgehead atoms. The van der Waals surface area contributed by atoms with Gasteiger partial charge in [0.1, 0.15) is 0 Å². The van der Waals surface area contributed by atoms with Crippen molar-refractivity contribution in [2.24, 2.45) is 0 Å². The molecule has 2 heteroatoms. The molecule has 2 N–H and O–H groups in total. The molecule has 1 aliphatic carbocycles. The van der Waals surface area contributed by atoms with Crippen LogP contribution in [0.5, 0.6) is 0 Å². The predicted octanol–water partition coefficient (Wildman–Crippen LogP) is 3.21. The van der Waals surface area contributed by atoms with Gasteiger partial charge in [0.15, 0.2) is 0 Å². The molecule has 1 fully saturated rings. The predicted molar refractivity (Wildman–Crippen MR) is 80.4 cm³/mol. The highest BCUT2D eigenvalue weighted by Gasteiger charge is 2.20. The molecule has 0 saturated heterocycles. The highest BCUT2D eigenvalue weighted by atomic mass is 16.3. The van der Waals surface area contributed by atoms with Crippen LogP contribution < -0.4 is 5.32 Å². The molecule has 3 unspecified atom stereocenters.